The van der Waals surface area contributed by atoms with Crippen molar-refractivity contribution in [2.45, 2.75) is 26.8 Å². The van der Waals surface area contributed by atoms with Crippen LogP contribution in [-0.4, -0.2) is 17.7 Å². The van der Waals surface area contributed by atoms with Gasteiger partial charge in [-0.15, -0.1) is 0 Å². The zero-order chi connectivity index (χ0) is 15.6. The molecular weight excluding hydrogens is 291 g/mol. The van der Waals surface area contributed by atoms with Gasteiger partial charge in [0.05, 0.1) is 18.2 Å². The van der Waals surface area contributed by atoms with Crippen molar-refractivity contribution < 1.29 is 13.9 Å². The summed E-state index contributed by atoms with van der Waals surface area (Å²) in [5.41, 5.74) is 2.18. The molecule has 0 aromatic heterocycles. The minimum atomic E-state index is -0.520. The minimum absolute atomic E-state index is 0.273. The largest absolute Gasteiger partial charge is 0.463 e. The molecule has 1 aromatic rings. The normalized spacial score (nSPS) is 18.1. The van der Waals surface area contributed by atoms with Gasteiger partial charge in [-0.05, 0) is 50.2 Å². The van der Waals surface area contributed by atoms with Gasteiger partial charge < -0.3 is 15.4 Å². The number of hydrogen-bond donors (Lipinski definition) is 2. The molecule has 0 radical (unpaired) electrons. The fourth-order valence-corrected chi connectivity index (χ4v) is 2.61. The summed E-state index contributed by atoms with van der Waals surface area (Å²) in [7, 11) is 0. The fraction of sp³-hybridized carbons (Fsp3) is 0.333. The Morgan fingerprint density at radius 1 is 1.43 bits per heavy atom. The predicted molar refractivity (Wildman–Crippen MR) is 82.1 cm³/mol. The maximum atomic E-state index is 13.8. The SMILES string of the molecule is CCOC(=O)C1=C(C)NC(=S)N[C@H]1c1cccc(F)c1C. The molecule has 6 heteroatoms. The van der Waals surface area contributed by atoms with Crippen LogP contribution in [-0.2, 0) is 9.53 Å². The zero-order valence-electron chi connectivity index (χ0n) is 12.1. The number of ether oxygens (including phenoxy) is 1. The molecule has 21 heavy (non-hydrogen) atoms. The molecule has 0 aliphatic carbocycles. The van der Waals surface area contributed by atoms with E-state index in [1.807, 2.05) is 0 Å². The lowest BCUT2D eigenvalue weighted by molar-refractivity contribution is -0.139. The highest BCUT2D eigenvalue weighted by molar-refractivity contribution is 7.80. The maximum absolute atomic E-state index is 13.8. The van der Waals surface area contributed by atoms with Gasteiger partial charge >= 0.3 is 5.97 Å². The third-order valence-electron chi connectivity index (χ3n) is 3.39. The molecule has 0 unspecified atom stereocenters. The number of esters is 1. The van der Waals surface area contributed by atoms with Crippen molar-refractivity contribution in [3.05, 3.63) is 46.4 Å². The van der Waals surface area contributed by atoms with Crippen LogP contribution < -0.4 is 10.6 Å². The third kappa shape index (κ3) is 3.05. The van der Waals surface area contributed by atoms with Crippen LogP contribution in [0.1, 0.15) is 31.0 Å². The van der Waals surface area contributed by atoms with E-state index in [-0.39, 0.29) is 12.4 Å². The van der Waals surface area contributed by atoms with Crippen LogP contribution in [0.3, 0.4) is 0 Å². The Morgan fingerprint density at radius 3 is 2.81 bits per heavy atom. The molecule has 0 spiro atoms. The summed E-state index contributed by atoms with van der Waals surface area (Å²) in [4.78, 5) is 12.2. The second kappa shape index (κ2) is 6.22. The van der Waals surface area contributed by atoms with Crippen LogP contribution in [0.15, 0.2) is 29.5 Å². The minimum Gasteiger partial charge on any atom is -0.463 e. The summed E-state index contributed by atoms with van der Waals surface area (Å²) in [6, 6.07) is 4.26. The first-order valence-corrected chi connectivity index (χ1v) is 7.07. The molecule has 4 nitrogen and oxygen atoms in total. The van der Waals surface area contributed by atoms with Gasteiger partial charge in [0.2, 0.25) is 0 Å². The lowest BCUT2D eigenvalue weighted by atomic mass is 9.92. The smallest absolute Gasteiger partial charge is 0.338 e. The van der Waals surface area contributed by atoms with E-state index in [9.17, 15) is 9.18 Å². The van der Waals surface area contributed by atoms with Gasteiger partial charge in [0.1, 0.15) is 5.82 Å². The molecule has 0 saturated heterocycles. The van der Waals surface area contributed by atoms with E-state index < -0.39 is 12.0 Å². The molecular formula is C15H17FN2O2S. The van der Waals surface area contributed by atoms with E-state index in [0.717, 1.165) is 0 Å². The van der Waals surface area contributed by atoms with E-state index in [4.69, 9.17) is 17.0 Å². The first kappa shape index (κ1) is 15.4. The summed E-state index contributed by atoms with van der Waals surface area (Å²) in [6.45, 7) is 5.44. The van der Waals surface area contributed by atoms with E-state index >= 15 is 0 Å². The van der Waals surface area contributed by atoms with E-state index in [1.165, 1.54) is 6.07 Å². The zero-order valence-corrected chi connectivity index (χ0v) is 12.9. The third-order valence-corrected chi connectivity index (χ3v) is 3.60. The van der Waals surface area contributed by atoms with E-state index in [1.54, 1.807) is 32.9 Å². The fourth-order valence-electron chi connectivity index (χ4n) is 2.34. The Labute approximate surface area is 128 Å². The average molecular weight is 308 g/mol. The van der Waals surface area contributed by atoms with Crippen molar-refractivity contribution in [3.8, 4) is 0 Å². The highest BCUT2D eigenvalue weighted by atomic mass is 32.1. The molecule has 1 atom stereocenters. The van der Waals surface area contributed by atoms with Crippen molar-refractivity contribution in [1.29, 1.82) is 0 Å². The number of carbonyl (C=O) groups is 1. The van der Waals surface area contributed by atoms with Gasteiger partial charge in [0, 0.05) is 5.70 Å². The number of rotatable bonds is 3. The summed E-state index contributed by atoms with van der Waals surface area (Å²) in [6.07, 6.45) is 0. The summed E-state index contributed by atoms with van der Waals surface area (Å²) < 4.78 is 18.9. The molecule has 1 aliphatic heterocycles. The van der Waals surface area contributed by atoms with Gasteiger partial charge in [0.15, 0.2) is 5.11 Å². The molecule has 1 aliphatic rings. The Morgan fingerprint density at radius 2 is 2.14 bits per heavy atom. The summed E-state index contributed by atoms with van der Waals surface area (Å²) in [5, 5.41) is 6.32. The van der Waals surface area contributed by atoms with Gasteiger partial charge in [0.25, 0.3) is 0 Å². The van der Waals surface area contributed by atoms with Crippen LogP contribution in [0.4, 0.5) is 4.39 Å². The summed E-state index contributed by atoms with van der Waals surface area (Å²) in [5.74, 6) is -0.759. The molecule has 2 rings (SSSR count). The lowest BCUT2D eigenvalue weighted by Gasteiger charge is -2.30. The Balaban J connectivity index is 2.52. The van der Waals surface area contributed by atoms with Crippen LogP contribution in [0, 0.1) is 12.7 Å². The number of allylic oxidation sites excluding steroid dienone is 1. The first-order valence-electron chi connectivity index (χ1n) is 6.66. The molecule has 112 valence electrons. The van der Waals surface area contributed by atoms with Gasteiger partial charge in [-0.3, -0.25) is 0 Å². The molecule has 0 bridgehead atoms. The van der Waals surface area contributed by atoms with Crippen LogP contribution in [0.2, 0.25) is 0 Å². The molecule has 2 N–H and O–H groups in total. The number of benzene rings is 1. The highest BCUT2D eigenvalue weighted by Crippen LogP contribution is 2.30. The number of halogens is 1. The second-order valence-corrected chi connectivity index (χ2v) is 5.15. The quantitative estimate of drug-likeness (QED) is 0.664. The van der Waals surface area contributed by atoms with E-state index in [0.29, 0.717) is 27.5 Å². The average Bonchev–Trinajstić information content (AvgIpc) is 2.41. The van der Waals surface area contributed by atoms with Crippen molar-refractivity contribution >= 4 is 23.3 Å². The monoisotopic (exact) mass is 308 g/mol. The van der Waals surface area contributed by atoms with Gasteiger partial charge in [-0.1, -0.05) is 12.1 Å². The Hall–Kier alpha value is -1.95. The molecule has 0 fully saturated rings. The topological polar surface area (TPSA) is 50.4 Å². The van der Waals surface area contributed by atoms with E-state index in [2.05, 4.69) is 10.6 Å². The van der Waals surface area contributed by atoms with Crippen LogP contribution in [0.25, 0.3) is 0 Å². The highest BCUT2D eigenvalue weighted by Gasteiger charge is 2.32. The predicted octanol–water partition coefficient (Wildman–Crippen LogP) is 2.49. The Kier molecular flexibility index (Phi) is 4.57. The number of thiocarbonyl (C=S) groups is 1. The number of nitrogens with one attached hydrogen (secondary N) is 2. The van der Waals surface area contributed by atoms with Crippen molar-refractivity contribution in [3.63, 3.8) is 0 Å². The maximum Gasteiger partial charge on any atom is 0.338 e. The molecule has 0 amide bonds. The number of carbonyl (C=O) groups excluding carboxylic acids is 1. The second-order valence-electron chi connectivity index (χ2n) is 4.74. The molecule has 1 aromatic carbocycles. The molecule has 1 heterocycles. The summed E-state index contributed by atoms with van der Waals surface area (Å²) >= 11 is 5.14. The standard InChI is InChI=1S/C15H17FN2O2S/c1-4-20-14(19)12-9(3)17-15(21)18-13(12)10-6-5-7-11(16)8(10)2/h5-7,13H,4H2,1-3H3,(H2,17,18,21)/t13-/m0/s1. The van der Waals surface area contributed by atoms with Gasteiger partial charge in [-0.25, -0.2) is 9.18 Å². The van der Waals surface area contributed by atoms with Crippen LogP contribution in [0.5, 0.6) is 0 Å². The van der Waals surface area contributed by atoms with Crippen molar-refractivity contribution in [2.24, 2.45) is 0 Å². The molecule has 0 saturated carbocycles. The van der Waals surface area contributed by atoms with Crippen LogP contribution >= 0.6 is 12.2 Å². The first-order chi connectivity index (χ1) is 9.95. The van der Waals surface area contributed by atoms with Crippen molar-refractivity contribution in [2.75, 3.05) is 6.61 Å². The lowest BCUT2D eigenvalue weighted by Crippen LogP contribution is -2.45. The Bertz CT molecular complexity index is 628. The van der Waals surface area contributed by atoms with Gasteiger partial charge in [-0.2, -0.15) is 0 Å². The number of hydrogen-bond acceptors (Lipinski definition) is 3. The van der Waals surface area contributed by atoms with Crippen molar-refractivity contribution in [1.82, 2.24) is 10.6 Å².